The van der Waals surface area contributed by atoms with Crippen molar-refractivity contribution in [2.45, 2.75) is 64.2 Å². The summed E-state index contributed by atoms with van der Waals surface area (Å²) in [6.45, 7) is 8.81. The topological polar surface area (TPSA) is 0 Å². The monoisotopic (exact) mass is 362 g/mol. The Hall–Kier alpha value is -0.920. The van der Waals surface area contributed by atoms with E-state index in [9.17, 15) is 0 Å². The van der Waals surface area contributed by atoms with Crippen LogP contribution in [0.15, 0.2) is 64.1 Å². The number of thioether (sulfide) groups is 1. The molecule has 0 radical (unpaired) electrons. The standard InChI is InChI=1S/C22H31ClS/c1-18(2)9-7-10-19(3)11-8-12-20(4)15-16-24-22-14-6-5-13-21(22)17-23/h5-6,9,11,13-15H,7-8,10,12,16-17H2,1-4H3. The highest BCUT2D eigenvalue weighted by Gasteiger charge is 2.00. The highest BCUT2D eigenvalue weighted by Crippen LogP contribution is 2.24. The van der Waals surface area contributed by atoms with Gasteiger partial charge in [0.05, 0.1) is 0 Å². The predicted octanol–water partition coefficient (Wildman–Crippen LogP) is 7.94. The van der Waals surface area contributed by atoms with E-state index < -0.39 is 0 Å². The molecule has 0 amide bonds. The third-order valence-electron chi connectivity index (χ3n) is 3.91. The van der Waals surface area contributed by atoms with Crippen molar-refractivity contribution in [2.24, 2.45) is 0 Å². The molecule has 0 aliphatic heterocycles. The van der Waals surface area contributed by atoms with Gasteiger partial charge >= 0.3 is 0 Å². The lowest BCUT2D eigenvalue weighted by atomic mass is 10.1. The third kappa shape index (κ3) is 9.39. The molecule has 0 aliphatic carbocycles. The van der Waals surface area contributed by atoms with Crippen molar-refractivity contribution >= 4 is 23.4 Å². The Bertz CT molecular complexity index is 577. The number of allylic oxidation sites excluding steroid dienone is 5. The molecule has 0 unspecified atom stereocenters. The van der Waals surface area contributed by atoms with Gasteiger partial charge in [-0.25, -0.2) is 0 Å². The van der Waals surface area contributed by atoms with Crippen molar-refractivity contribution < 1.29 is 0 Å². The van der Waals surface area contributed by atoms with E-state index in [1.165, 1.54) is 33.6 Å². The van der Waals surface area contributed by atoms with E-state index in [0.717, 1.165) is 25.0 Å². The van der Waals surface area contributed by atoms with Crippen molar-refractivity contribution in [2.75, 3.05) is 5.75 Å². The number of alkyl halides is 1. The maximum atomic E-state index is 5.99. The van der Waals surface area contributed by atoms with Gasteiger partial charge in [0.15, 0.2) is 0 Å². The Morgan fingerprint density at radius 1 is 0.917 bits per heavy atom. The largest absolute Gasteiger partial charge is 0.122 e. The molecule has 0 heterocycles. The number of halogens is 1. The molecule has 1 rings (SSSR count). The Balaban J connectivity index is 2.33. The second-order valence-corrected chi connectivity index (χ2v) is 7.84. The molecule has 0 saturated heterocycles. The number of hydrogen-bond acceptors (Lipinski definition) is 1. The van der Waals surface area contributed by atoms with Crippen LogP contribution in [-0.2, 0) is 5.88 Å². The lowest BCUT2D eigenvalue weighted by Crippen LogP contribution is -1.85. The van der Waals surface area contributed by atoms with Crippen LogP contribution in [0.25, 0.3) is 0 Å². The second kappa shape index (κ2) is 12.4. The first-order chi connectivity index (χ1) is 11.5. The molecular formula is C22H31ClS. The average Bonchev–Trinajstić information content (AvgIpc) is 2.55. The maximum Gasteiger partial charge on any atom is 0.0485 e. The summed E-state index contributed by atoms with van der Waals surface area (Å²) in [6.07, 6.45) is 11.7. The number of hydrogen-bond donors (Lipinski definition) is 0. The molecule has 0 spiro atoms. The van der Waals surface area contributed by atoms with Gasteiger partial charge in [0.2, 0.25) is 0 Å². The van der Waals surface area contributed by atoms with E-state index >= 15 is 0 Å². The summed E-state index contributed by atoms with van der Waals surface area (Å²) in [4.78, 5) is 1.30. The molecule has 0 fully saturated rings. The van der Waals surface area contributed by atoms with E-state index in [2.05, 4.69) is 70.2 Å². The Morgan fingerprint density at radius 2 is 1.54 bits per heavy atom. The fourth-order valence-corrected chi connectivity index (χ4v) is 3.73. The van der Waals surface area contributed by atoms with Gasteiger partial charge in [-0.15, -0.1) is 23.4 Å². The highest BCUT2D eigenvalue weighted by atomic mass is 35.5. The molecule has 1 aromatic carbocycles. The molecule has 0 bridgehead atoms. The van der Waals surface area contributed by atoms with Gasteiger partial charge in [0.1, 0.15) is 0 Å². The van der Waals surface area contributed by atoms with E-state index in [-0.39, 0.29) is 0 Å². The summed E-state index contributed by atoms with van der Waals surface area (Å²) in [5.74, 6) is 1.60. The van der Waals surface area contributed by atoms with Gasteiger partial charge in [-0.05, 0) is 65.0 Å². The van der Waals surface area contributed by atoms with E-state index in [4.69, 9.17) is 11.6 Å². The molecule has 0 aliphatic rings. The zero-order chi connectivity index (χ0) is 17.8. The average molecular weight is 363 g/mol. The first-order valence-electron chi connectivity index (χ1n) is 8.74. The van der Waals surface area contributed by atoms with Gasteiger partial charge in [-0.2, -0.15) is 0 Å². The minimum atomic E-state index is 0.586. The van der Waals surface area contributed by atoms with Crippen LogP contribution in [0.4, 0.5) is 0 Å². The molecule has 132 valence electrons. The minimum Gasteiger partial charge on any atom is -0.122 e. The van der Waals surface area contributed by atoms with E-state index in [0.29, 0.717) is 5.88 Å². The van der Waals surface area contributed by atoms with Crippen LogP contribution in [0.5, 0.6) is 0 Å². The molecule has 0 nitrogen and oxygen atoms in total. The van der Waals surface area contributed by atoms with Crippen LogP contribution >= 0.6 is 23.4 Å². The van der Waals surface area contributed by atoms with Gasteiger partial charge in [0.25, 0.3) is 0 Å². The van der Waals surface area contributed by atoms with Crippen molar-refractivity contribution in [3.63, 3.8) is 0 Å². The van der Waals surface area contributed by atoms with Gasteiger partial charge in [0, 0.05) is 16.5 Å². The third-order valence-corrected chi connectivity index (χ3v) is 5.24. The fraction of sp³-hybridized carbons (Fsp3) is 0.455. The fourth-order valence-electron chi connectivity index (χ4n) is 2.37. The van der Waals surface area contributed by atoms with Crippen molar-refractivity contribution in [1.29, 1.82) is 0 Å². The lowest BCUT2D eigenvalue weighted by molar-refractivity contribution is 0.917. The summed E-state index contributed by atoms with van der Waals surface area (Å²) in [5, 5.41) is 0. The van der Waals surface area contributed by atoms with Crippen LogP contribution in [-0.4, -0.2) is 5.75 Å². The van der Waals surface area contributed by atoms with Gasteiger partial charge < -0.3 is 0 Å². The molecule has 0 N–H and O–H groups in total. The summed E-state index contributed by atoms with van der Waals surface area (Å²) < 4.78 is 0. The molecule has 0 aromatic heterocycles. The van der Waals surface area contributed by atoms with Crippen molar-refractivity contribution in [3.8, 4) is 0 Å². The summed E-state index contributed by atoms with van der Waals surface area (Å²) in [7, 11) is 0. The van der Waals surface area contributed by atoms with Crippen LogP contribution < -0.4 is 0 Å². The van der Waals surface area contributed by atoms with Crippen molar-refractivity contribution in [3.05, 3.63) is 64.8 Å². The van der Waals surface area contributed by atoms with Gasteiger partial charge in [-0.1, -0.05) is 53.1 Å². The quantitative estimate of drug-likeness (QED) is 0.231. The van der Waals surface area contributed by atoms with Gasteiger partial charge in [-0.3, -0.25) is 0 Å². The Morgan fingerprint density at radius 3 is 2.21 bits per heavy atom. The van der Waals surface area contributed by atoms with Crippen LogP contribution in [0.2, 0.25) is 0 Å². The molecule has 24 heavy (non-hydrogen) atoms. The predicted molar refractivity (Wildman–Crippen MR) is 112 cm³/mol. The maximum absolute atomic E-state index is 5.99. The SMILES string of the molecule is CC(C)=CCCC(C)=CCCC(C)=CCSc1ccccc1CCl. The smallest absolute Gasteiger partial charge is 0.0485 e. The Kier molecular flexibility index (Phi) is 11.0. The summed E-state index contributed by atoms with van der Waals surface area (Å²) in [6, 6.07) is 8.39. The summed E-state index contributed by atoms with van der Waals surface area (Å²) >= 11 is 7.86. The highest BCUT2D eigenvalue weighted by molar-refractivity contribution is 7.99. The Labute approximate surface area is 158 Å². The first kappa shape index (κ1) is 21.1. The summed E-state index contributed by atoms with van der Waals surface area (Å²) in [5.41, 5.74) is 5.62. The molecular weight excluding hydrogens is 332 g/mol. The molecule has 0 saturated carbocycles. The lowest BCUT2D eigenvalue weighted by Gasteiger charge is -2.05. The zero-order valence-electron chi connectivity index (χ0n) is 15.6. The normalized spacial score (nSPS) is 12.4. The van der Waals surface area contributed by atoms with E-state index in [1.807, 2.05) is 11.8 Å². The van der Waals surface area contributed by atoms with Crippen molar-refractivity contribution in [1.82, 2.24) is 0 Å². The second-order valence-electron chi connectivity index (χ2n) is 6.51. The first-order valence-corrected chi connectivity index (χ1v) is 10.3. The number of benzene rings is 1. The van der Waals surface area contributed by atoms with E-state index in [1.54, 1.807) is 0 Å². The zero-order valence-corrected chi connectivity index (χ0v) is 17.1. The van der Waals surface area contributed by atoms with Crippen LogP contribution in [0.1, 0.15) is 58.9 Å². The van der Waals surface area contributed by atoms with Crippen LogP contribution in [0, 0.1) is 0 Å². The number of rotatable bonds is 10. The molecule has 0 atom stereocenters. The van der Waals surface area contributed by atoms with Crippen LogP contribution in [0.3, 0.4) is 0 Å². The molecule has 2 heteroatoms. The minimum absolute atomic E-state index is 0.586. The molecule has 1 aromatic rings.